The Balaban J connectivity index is 3.03. The molecule has 0 aliphatic rings. The molecule has 102 valence electrons. The summed E-state index contributed by atoms with van der Waals surface area (Å²) in [6.45, 7) is 1.59. The molecule has 19 heavy (non-hydrogen) atoms. The van der Waals surface area contributed by atoms with Crippen LogP contribution in [-0.4, -0.2) is 28.7 Å². The molecule has 0 radical (unpaired) electrons. The van der Waals surface area contributed by atoms with Crippen molar-refractivity contribution >= 4 is 28.0 Å². The molecule has 0 aliphatic carbocycles. The fourth-order valence-electron chi connectivity index (χ4n) is 1.30. The Bertz CT molecular complexity index is 497. The molecule has 1 rings (SSSR count). The largest absolute Gasteiger partial charge is 0.464 e. The highest BCUT2D eigenvalue weighted by Gasteiger charge is 2.30. The average Bonchev–Trinajstić information content (AvgIpc) is 2.37. The average molecular weight is 330 g/mol. The smallest absolute Gasteiger partial charge is 0.346 e. The summed E-state index contributed by atoms with van der Waals surface area (Å²) in [7, 11) is 0. The van der Waals surface area contributed by atoms with Gasteiger partial charge in [-0.3, -0.25) is 10.1 Å². The van der Waals surface area contributed by atoms with Gasteiger partial charge in [0.25, 0.3) is 5.70 Å². The number of hydrogen-bond acceptors (Lipinski definition) is 5. The zero-order chi connectivity index (χ0) is 14.4. The number of hydrogen-bond donors (Lipinski definition) is 1. The summed E-state index contributed by atoms with van der Waals surface area (Å²) in [6, 6.07) is 6.62. The van der Waals surface area contributed by atoms with E-state index in [4.69, 9.17) is 0 Å². The minimum atomic E-state index is -1.90. The molecule has 1 atom stereocenters. The van der Waals surface area contributed by atoms with E-state index in [2.05, 4.69) is 20.7 Å². The Hall–Kier alpha value is -1.73. The summed E-state index contributed by atoms with van der Waals surface area (Å²) in [4.78, 5) is 21.4. The van der Waals surface area contributed by atoms with Gasteiger partial charge in [-0.25, -0.2) is 4.79 Å². The van der Waals surface area contributed by atoms with Crippen LogP contribution >= 0.6 is 15.9 Å². The highest BCUT2D eigenvalue weighted by molar-refractivity contribution is 9.10. The van der Waals surface area contributed by atoms with E-state index in [9.17, 15) is 20.0 Å². The molecule has 7 heteroatoms. The second kappa shape index (κ2) is 7.01. The number of carbonyl (C=O) groups is 1. The molecule has 1 aromatic rings. The monoisotopic (exact) mass is 329 g/mol. The number of aliphatic hydroxyl groups excluding tert-OH is 1. The number of nitrogens with zero attached hydrogens (tertiary/aromatic N) is 1. The van der Waals surface area contributed by atoms with Crippen LogP contribution in [0.3, 0.4) is 0 Å². The first-order valence-corrected chi connectivity index (χ1v) is 6.21. The van der Waals surface area contributed by atoms with Gasteiger partial charge < -0.3 is 9.84 Å². The van der Waals surface area contributed by atoms with Crippen LogP contribution in [0.2, 0.25) is 0 Å². The Kier molecular flexibility index (Phi) is 5.65. The molecule has 0 saturated carbocycles. The van der Waals surface area contributed by atoms with E-state index in [0.29, 0.717) is 5.56 Å². The highest BCUT2D eigenvalue weighted by atomic mass is 79.9. The molecule has 0 spiro atoms. The lowest BCUT2D eigenvalue weighted by Crippen LogP contribution is -2.28. The lowest BCUT2D eigenvalue weighted by atomic mass is 10.1. The fraction of sp³-hybridized carbons (Fsp3) is 0.250. The third-order valence-corrected chi connectivity index (χ3v) is 2.71. The van der Waals surface area contributed by atoms with Crippen molar-refractivity contribution < 1.29 is 19.6 Å². The summed E-state index contributed by atoms with van der Waals surface area (Å²) >= 11 is 3.24. The number of halogens is 1. The molecule has 0 aromatic heterocycles. The second-order valence-electron chi connectivity index (χ2n) is 3.53. The van der Waals surface area contributed by atoms with Gasteiger partial charge in [0.2, 0.25) is 6.10 Å². The third-order valence-electron chi connectivity index (χ3n) is 2.19. The summed E-state index contributed by atoms with van der Waals surface area (Å²) in [5.74, 6) is -1.04. The maximum atomic E-state index is 11.3. The first-order valence-electron chi connectivity index (χ1n) is 5.42. The lowest BCUT2D eigenvalue weighted by Gasteiger charge is -2.07. The van der Waals surface area contributed by atoms with Gasteiger partial charge in [-0.15, -0.1) is 0 Å². The molecule has 0 heterocycles. The Morgan fingerprint density at radius 1 is 1.53 bits per heavy atom. The van der Waals surface area contributed by atoms with E-state index in [1.165, 1.54) is 0 Å². The van der Waals surface area contributed by atoms with Crippen molar-refractivity contribution in [2.75, 3.05) is 6.61 Å². The highest BCUT2D eigenvalue weighted by Crippen LogP contribution is 2.15. The first-order chi connectivity index (χ1) is 8.95. The Morgan fingerprint density at radius 2 is 2.11 bits per heavy atom. The minimum Gasteiger partial charge on any atom is -0.464 e. The number of ether oxygens (including phenoxy) is 1. The van der Waals surface area contributed by atoms with Gasteiger partial charge in [0.1, 0.15) is 0 Å². The van der Waals surface area contributed by atoms with E-state index >= 15 is 0 Å². The van der Waals surface area contributed by atoms with Gasteiger partial charge in [0.15, 0.2) is 0 Å². The molecule has 1 aromatic carbocycles. The van der Waals surface area contributed by atoms with Gasteiger partial charge in [-0.2, -0.15) is 0 Å². The standard InChI is InChI=1S/C12H12BrNO5/c1-2-19-12(16)11(15)10(14(17)18)7-8-3-5-9(13)6-4-8/h3-7,11,15H,2H2,1H3/b10-7+/t11-/m1/s1. The van der Waals surface area contributed by atoms with E-state index in [1.807, 2.05) is 0 Å². The molecule has 0 amide bonds. The Morgan fingerprint density at radius 3 is 2.58 bits per heavy atom. The van der Waals surface area contributed by atoms with Crippen molar-refractivity contribution in [1.29, 1.82) is 0 Å². The molecule has 1 N–H and O–H groups in total. The van der Waals surface area contributed by atoms with Crippen molar-refractivity contribution in [3.63, 3.8) is 0 Å². The predicted octanol–water partition coefficient (Wildman–Crippen LogP) is 1.99. The third kappa shape index (κ3) is 4.46. The quantitative estimate of drug-likeness (QED) is 0.507. The molecule has 0 bridgehead atoms. The minimum absolute atomic E-state index is 0.0408. The van der Waals surface area contributed by atoms with E-state index in [1.54, 1.807) is 31.2 Å². The molecule has 0 unspecified atom stereocenters. The molecular formula is C12H12BrNO5. The van der Waals surface area contributed by atoms with Crippen LogP contribution in [0.1, 0.15) is 12.5 Å². The number of rotatable bonds is 5. The van der Waals surface area contributed by atoms with Crippen molar-refractivity contribution in [2.45, 2.75) is 13.0 Å². The number of nitro groups is 1. The summed E-state index contributed by atoms with van der Waals surface area (Å²) in [5, 5.41) is 20.5. The topological polar surface area (TPSA) is 89.7 Å². The van der Waals surface area contributed by atoms with Gasteiger partial charge in [0.05, 0.1) is 11.5 Å². The van der Waals surface area contributed by atoms with Gasteiger partial charge >= 0.3 is 5.97 Å². The van der Waals surface area contributed by atoms with Crippen LogP contribution in [-0.2, 0) is 9.53 Å². The summed E-state index contributed by atoms with van der Waals surface area (Å²) in [6.07, 6.45) is -0.771. The van der Waals surface area contributed by atoms with Crippen molar-refractivity contribution in [2.24, 2.45) is 0 Å². The van der Waals surface area contributed by atoms with Crippen LogP contribution in [0.25, 0.3) is 6.08 Å². The van der Waals surface area contributed by atoms with Crippen LogP contribution in [0.4, 0.5) is 0 Å². The van der Waals surface area contributed by atoms with Crippen LogP contribution in [0.15, 0.2) is 34.4 Å². The molecule has 6 nitrogen and oxygen atoms in total. The van der Waals surface area contributed by atoms with Crippen molar-refractivity contribution in [3.8, 4) is 0 Å². The number of esters is 1. The fourth-order valence-corrected chi connectivity index (χ4v) is 1.57. The first kappa shape index (κ1) is 15.3. The summed E-state index contributed by atoms with van der Waals surface area (Å²) in [5.41, 5.74) is -0.126. The molecule has 0 saturated heterocycles. The molecule has 0 fully saturated rings. The van der Waals surface area contributed by atoms with Gasteiger partial charge in [-0.1, -0.05) is 28.1 Å². The Labute approximate surface area is 118 Å². The van der Waals surface area contributed by atoms with E-state index < -0.39 is 22.7 Å². The van der Waals surface area contributed by atoms with Crippen molar-refractivity contribution in [3.05, 3.63) is 50.1 Å². The lowest BCUT2D eigenvalue weighted by molar-refractivity contribution is -0.432. The van der Waals surface area contributed by atoms with Gasteiger partial charge in [-0.05, 0) is 24.6 Å². The SMILES string of the molecule is CCOC(=O)[C@H](O)/C(=C\c1ccc(Br)cc1)[N+](=O)[O-]. The maximum absolute atomic E-state index is 11.3. The van der Waals surface area contributed by atoms with Gasteiger partial charge in [0, 0.05) is 10.5 Å². The zero-order valence-electron chi connectivity index (χ0n) is 10.1. The molecule has 0 aliphatic heterocycles. The second-order valence-corrected chi connectivity index (χ2v) is 4.45. The van der Waals surface area contributed by atoms with Crippen LogP contribution in [0.5, 0.6) is 0 Å². The van der Waals surface area contributed by atoms with Crippen molar-refractivity contribution in [1.82, 2.24) is 0 Å². The predicted molar refractivity (Wildman–Crippen MR) is 71.8 cm³/mol. The molecular weight excluding hydrogens is 318 g/mol. The van der Waals surface area contributed by atoms with E-state index in [0.717, 1.165) is 10.5 Å². The number of aliphatic hydroxyl groups is 1. The van der Waals surface area contributed by atoms with Crippen LogP contribution < -0.4 is 0 Å². The van der Waals surface area contributed by atoms with E-state index in [-0.39, 0.29) is 6.61 Å². The van der Waals surface area contributed by atoms with Crippen LogP contribution in [0, 0.1) is 10.1 Å². The normalized spacial score (nSPS) is 12.9. The number of benzene rings is 1. The zero-order valence-corrected chi connectivity index (χ0v) is 11.7. The summed E-state index contributed by atoms with van der Waals surface area (Å²) < 4.78 is 5.37. The maximum Gasteiger partial charge on any atom is 0.346 e. The number of carbonyl (C=O) groups excluding carboxylic acids is 1.